The number of carbonyl (C=O) groups is 1. The third-order valence-corrected chi connectivity index (χ3v) is 4.16. The fraction of sp³-hybridized carbons (Fsp3) is 0.600. The molecule has 2 unspecified atom stereocenters. The SMILES string of the molecule is CCN(C(=O)c1cccnc1C)C1CCCC1CN. The van der Waals surface area contributed by atoms with Gasteiger partial charge in [0, 0.05) is 24.5 Å². The van der Waals surface area contributed by atoms with E-state index in [0.29, 0.717) is 24.1 Å². The third-order valence-electron chi connectivity index (χ3n) is 4.16. The Kier molecular flexibility index (Phi) is 4.53. The minimum absolute atomic E-state index is 0.0958. The summed E-state index contributed by atoms with van der Waals surface area (Å²) in [5, 5.41) is 0. The summed E-state index contributed by atoms with van der Waals surface area (Å²) >= 11 is 0. The van der Waals surface area contributed by atoms with Crippen LogP contribution < -0.4 is 5.73 Å². The van der Waals surface area contributed by atoms with Crippen molar-refractivity contribution in [2.24, 2.45) is 11.7 Å². The summed E-state index contributed by atoms with van der Waals surface area (Å²) in [6.45, 7) is 5.32. The van der Waals surface area contributed by atoms with Gasteiger partial charge in [-0.15, -0.1) is 0 Å². The number of amides is 1. The Bertz CT molecular complexity index is 447. The van der Waals surface area contributed by atoms with E-state index >= 15 is 0 Å². The Morgan fingerprint density at radius 2 is 2.32 bits per heavy atom. The Labute approximate surface area is 115 Å². The zero-order valence-electron chi connectivity index (χ0n) is 11.8. The molecular formula is C15H23N3O. The van der Waals surface area contributed by atoms with Crippen molar-refractivity contribution in [1.29, 1.82) is 0 Å². The summed E-state index contributed by atoms with van der Waals surface area (Å²) in [4.78, 5) is 18.9. The van der Waals surface area contributed by atoms with Crippen LogP contribution in [0.1, 0.15) is 42.2 Å². The molecule has 0 bridgehead atoms. The van der Waals surface area contributed by atoms with Crippen molar-refractivity contribution in [3.8, 4) is 0 Å². The molecule has 2 N–H and O–H groups in total. The van der Waals surface area contributed by atoms with Crippen molar-refractivity contribution >= 4 is 5.91 Å². The molecule has 4 heteroatoms. The average Bonchev–Trinajstić information content (AvgIpc) is 2.88. The number of aromatic nitrogens is 1. The summed E-state index contributed by atoms with van der Waals surface area (Å²) in [5.74, 6) is 0.541. The summed E-state index contributed by atoms with van der Waals surface area (Å²) in [7, 11) is 0. The van der Waals surface area contributed by atoms with Gasteiger partial charge in [0.2, 0.25) is 0 Å². The van der Waals surface area contributed by atoms with Gasteiger partial charge in [-0.1, -0.05) is 6.42 Å². The molecule has 1 aromatic heterocycles. The van der Waals surface area contributed by atoms with Gasteiger partial charge in [0.25, 0.3) is 5.91 Å². The average molecular weight is 261 g/mol. The molecule has 2 rings (SSSR count). The maximum atomic E-state index is 12.7. The van der Waals surface area contributed by atoms with Crippen LogP contribution in [0, 0.1) is 12.8 Å². The van der Waals surface area contributed by atoms with Gasteiger partial charge in [-0.3, -0.25) is 9.78 Å². The lowest BCUT2D eigenvalue weighted by atomic mass is 10.0. The number of aryl methyl sites for hydroxylation is 1. The summed E-state index contributed by atoms with van der Waals surface area (Å²) < 4.78 is 0. The van der Waals surface area contributed by atoms with Gasteiger partial charge < -0.3 is 10.6 Å². The van der Waals surface area contributed by atoms with Crippen LogP contribution in [0.2, 0.25) is 0 Å². The van der Waals surface area contributed by atoms with Crippen molar-refractivity contribution in [3.63, 3.8) is 0 Å². The van der Waals surface area contributed by atoms with Gasteiger partial charge in [0.1, 0.15) is 0 Å². The Morgan fingerprint density at radius 1 is 1.53 bits per heavy atom. The normalized spacial score (nSPS) is 22.5. The van der Waals surface area contributed by atoms with E-state index in [9.17, 15) is 4.79 Å². The minimum Gasteiger partial charge on any atom is -0.336 e. The number of nitrogens with zero attached hydrogens (tertiary/aromatic N) is 2. The number of carbonyl (C=O) groups excluding carboxylic acids is 1. The van der Waals surface area contributed by atoms with E-state index < -0.39 is 0 Å². The summed E-state index contributed by atoms with van der Waals surface area (Å²) in [5.41, 5.74) is 7.35. The van der Waals surface area contributed by atoms with Crippen molar-refractivity contribution in [2.75, 3.05) is 13.1 Å². The van der Waals surface area contributed by atoms with Gasteiger partial charge in [-0.25, -0.2) is 0 Å². The molecule has 1 heterocycles. The van der Waals surface area contributed by atoms with Crippen LogP contribution in [-0.4, -0.2) is 34.9 Å². The molecule has 1 aliphatic rings. The molecule has 0 radical (unpaired) electrons. The quantitative estimate of drug-likeness (QED) is 0.901. The third kappa shape index (κ3) is 2.78. The molecular weight excluding hydrogens is 238 g/mol. The van der Waals surface area contributed by atoms with E-state index in [1.807, 2.05) is 30.9 Å². The van der Waals surface area contributed by atoms with Crippen LogP contribution in [0.15, 0.2) is 18.3 Å². The highest BCUT2D eigenvalue weighted by molar-refractivity contribution is 5.95. The lowest BCUT2D eigenvalue weighted by Crippen LogP contribution is -2.44. The molecule has 0 saturated heterocycles. The molecule has 0 spiro atoms. The minimum atomic E-state index is 0.0958. The van der Waals surface area contributed by atoms with Crippen molar-refractivity contribution < 1.29 is 4.79 Å². The highest BCUT2D eigenvalue weighted by Gasteiger charge is 2.33. The van der Waals surface area contributed by atoms with Crippen LogP contribution in [0.5, 0.6) is 0 Å². The molecule has 1 aliphatic carbocycles. The van der Waals surface area contributed by atoms with E-state index in [1.54, 1.807) is 6.20 Å². The highest BCUT2D eigenvalue weighted by Crippen LogP contribution is 2.30. The van der Waals surface area contributed by atoms with E-state index in [0.717, 1.165) is 25.1 Å². The molecule has 4 nitrogen and oxygen atoms in total. The molecule has 1 saturated carbocycles. The molecule has 2 atom stereocenters. The highest BCUT2D eigenvalue weighted by atomic mass is 16.2. The number of hydrogen-bond donors (Lipinski definition) is 1. The molecule has 104 valence electrons. The second-order valence-corrected chi connectivity index (χ2v) is 5.22. The van der Waals surface area contributed by atoms with E-state index in [2.05, 4.69) is 4.98 Å². The van der Waals surface area contributed by atoms with Crippen molar-refractivity contribution in [1.82, 2.24) is 9.88 Å². The zero-order chi connectivity index (χ0) is 13.8. The van der Waals surface area contributed by atoms with E-state index in [1.165, 1.54) is 6.42 Å². The Morgan fingerprint density at radius 3 is 2.95 bits per heavy atom. The van der Waals surface area contributed by atoms with Gasteiger partial charge in [-0.05, 0) is 51.3 Å². The first-order valence-electron chi connectivity index (χ1n) is 7.11. The standard InChI is InChI=1S/C15H23N3O/c1-3-18(14-8-4-6-12(14)10-16)15(19)13-7-5-9-17-11(13)2/h5,7,9,12,14H,3-4,6,8,10,16H2,1-2H3. The largest absolute Gasteiger partial charge is 0.336 e. The van der Waals surface area contributed by atoms with Crippen molar-refractivity contribution in [3.05, 3.63) is 29.6 Å². The van der Waals surface area contributed by atoms with Crippen LogP contribution in [0.4, 0.5) is 0 Å². The second-order valence-electron chi connectivity index (χ2n) is 5.22. The molecule has 1 aromatic rings. The van der Waals surface area contributed by atoms with E-state index in [4.69, 9.17) is 5.73 Å². The maximum absolute atomic E-state index is 12.7. The monoisotopic (exact) mass is 261 g/mol. The zero-order valence-corrected chi connectivity index (χ0v) is 11.8. The predicted octanol–water partition coefficient (Wildman–Crippen LogP) is 1.98. The first kappa shape index (κ1) is 14.0. The van der Waals surface area contributed by atoms with Crippen LogP contribution in [0.25, 0.3) is 0 Å². The number of rotatable bonds is 4. The first-order valence-corrected chi connectivity index (χ1v) is 7.11. The van der Waals surface area contributed by atoms with Crippen LogP contribution in [-0.2, 0) is 0 Å². The van der Waals surface area contributed by atoms with E-state index in [-0.39, 0.29) is 5.91 Å². The Hall–Kier alpha value is -1.42. The van der Waals surface area contributed by atoms with Gasteiger partial charge in [-0.2, -0.15) is 0 Å². The van der Waals surface area contributed by atoms with Crippen LogP contribution in [0.3, 0.4) is 0 Å². The number of nitrogens with two attached hydrogens (primary N) is 1. The number of pyridine rings is 1. The van der Waals surface area contributed by atoms with Gasteiger partial charge in [0.05, 0.1) is 5.56 Å². The summed E-state index contributed by atoms with van der Waals surface area (Å²) in [6.07, 6.45) is 5.10. The molecule has 1 amide bonds. The first-order chi connectivity index (χ1) is 9.19. The number of hydrogen-bond acceptors (Lipinski definition) is 3. The lowest BCUT2D eigenvalue weighted by molar-refractivity contribution is 0.0651. The fourth-order valence-corrected chi connectivity index (χ4v) is 3.10. The van der Waals surface area contributed by atoms with Gasteiger partial charge in [0.15, 0.2) is 0 Å². The lowest BCUT2D eigenvalue weighted by Gasteiger charge is -2.32. The van der Waals surface area contributed by atoms with Crippen molar-refractivity contribution in [2.45, 2.75) is 39.2 Å². The smallest absolute Gasteiger partial charge is 0.255 e. The maximum Gasteiger partial charge on any atom is 0.255 e. The van der Waals surface area contributed by atoms with Gasteiger partial charge >= 0.3 is 0 Å². The topological polar surface area (TPSA) is 59.2 Å². The Balaban J connectivity index is 2.22. The second kappa shape index (κ2) is 6.15. The molecule has 19 heavy (non-hydrogen) atoms. The molecule has 0 aliphatic heterocycles. The predicted molar refractivity (Wildman–Crippen MR) is 75.9 cm³/mol. The summed E-state index contributed by atoms with van der Waals surface area (Å²) in [6, 6.07) is 3.98. The fourth-order valence-electron chi connectivity index (χ4n) is 3.10. The molecule has 0 aromatic carbocycles. The molecule has 1 fully saturated rings. The van der Waals surface area contributed by atoms with Crippen LogP contribution >= 0.6 is 0 Å².